The highest BCUT2D eigenvalue weighted by Crippen LogP contribution is 2.29. The fraction of sp³-hybridized carbons (Fsp3) is 0.467. The molecule has 0 aliphatic heterocycles. The van der Waals surface area contributed by atoms with E-state index in [0.717, 1.165) is 29.1 Å². The van der Waals surface area contributed by atoms with Crippen molar-refractivity contribution in [2.24, 2.45) is 0 Å². The van der Waals surface area contributed by atoms with Gasteiger partial charge in [0, 0.05) is 11.6 Å². The molecule has 2 aromatic heterocycles. The molecule has 0 radical (unpaired) electrons. The molecule has 0 bridgehead atoms. The quantitative estimate of drug-likeness (QED) is 0.917. The van der Waals surface area contributed by atoms with Gasteiger partial charge in [0.2, 0.25) is 0 Å². The number of thiazole rings is 1. The van der Waals surface area contributed by atoms with Crippen molar-refractivity contribution in [3.8, 4) is 6.07 Å². The van der Waals surface area contributed by atoms with Gasteiger partial charge in [-0.2, -0.15) is 10.4 Å². The molecule has 0 unspecified atom stereocenters. The molecule has 0 aromatic carbocycles. The number of nitriles is 1. The van der Waals surface area contributed by atoms with E-state index in [-0.39, 0.29) is 0 Å². The molecule has 21 heavy (non-hydrogen) atoms. The van der Waals surface area contributed by atoms with Crippen molar-refractivity contribution in [2.75, 3.05) is 5.32 Å². The first-order valence-electron chi connectivity index (χ1n) is 7.00. The van der Waals surface area contributed by atoms with E-state index in [1.165, 1.54) is 0 Å². The maximum Gasteiger partial charge on any atom is 0.167 e. The summed E-state index contributed by atoms with van der Waals surface area (Å²) in [5.41, 5.74) is 2.07. The topological polar surface area (TPSA) is 74.5 Å². The Morgan fingerprint density at radius 1 is 1.29 bits per heavy atom. The maximum atomic E-state index is 9.51. The summed E-state index contributed by atoms with van der Waals surface area (Å²) >= 11 is 1.58. The summed E-state index contributed by atoms with van der Waals surface area (Å²) in [5, 5.41) is 24.2. The summed E-state index contributed by atoms with van der Waals surface area (Å²) in [4.78, 5) is 4.34. The van der Waals surface area contributed by atoms with Crippen LogP contribution in [0.25, 0.3) is 0 Å². The molecule has 2 aromatic rings. The highest BCUT2D eigenvalue weighted by atomic mass is 32.1. The first-order chi connectivity index (χ1) is 10.0. The zero-order valence-corrected chi connectivity index (χ0v) is 13.6. The lowest BCUT2D eigenvalue weighted by Gasteiger charge is -2.25. The van der Waals surface area contributed by atoms with Crippen LogP contribution in [-0.2, 0) is 18.4 Å². The van der Waals surface area contributed by atoms with Crippen molar-refractivity contribution >= 4 is 17.2 Å². The summed E-state index contributed by atoms with van der Waals surface area (Å²) in [6.07, 6.45) is 3.33. The zero-order chi connectivity index (χ0) is 15.5. The molecular weight excluding hydrogens is 282 g/mol. The van der Waals surface area contributed by atoms with Crippen LogP contribution in [0.2, 0.25) is 0 Å². The van der Waals surface area contributed by atoms with Crippen molar-refractivity contribution in [3.05, 3.63) is 33.4 Å². The van der Waals surface area contributed by atoms with Crippen molar-refractivity contribution < 1.29 is 0 Å². The highest BCUT2D eigenvalue weighted by molar-refractivity contribution is 7.09. The summed E-state index contributed by atoms with van der Waals surface area (Å²) in [6.45, 7) is 8.10. The van der Waals surface area contributed by atoms with E-state index in [1.807, 2.05) is 33.1 Å². The SMILES string of the molecule is CCc1nnc(NC(C)(C)c2nccs2)c(C#N)c1CC. The fourth-order valence-electron chi connectivity index (χ4n) is 2.26. The molecule has 2 heterocycles. The van der Waals surface area contributed by atoms with E-state index >= 15 is 0 Å². The molecular formula is C15H19N5S. The number of aryl methyl sites for hydroxylation is 1. The number of nitrogens with one attached hydrogen (secondary N) is 1. The van der Waals surface area contributed by atoms with Gasteiger partial charge < -0.3 is 5.32 Å². The molecule has 0 atom stereocenters. The van der Waals surface area contributed by atoms with Gasteiger partial charge in [0.25, 0.3) is 0 Å². The highest BCUT2D eigenvalue weighted by Gasteiger charge is 2.26. The Balaban J connectivity index is 2.44. The minimum absolute atomic E-state index is 0.396. The fourth-order valence-corrected chi connectivity index (χ4v) is 2.98. The molecule has 5 nitrogen and oxygen atoms in total. The first kappa shape index (κ1) is 15.4. The summed E-state index contributed by atoms with van der Waals surface area (Å²) in [6, 6.07) is 2.28. The Bertz CT molecular complexity index is 655. The zero-order valence-electron chi connectivity index (χ0n) is 12.8. The van der Waals surface area contributed by atoms with Crippen LogP contribution < -0.4 is 5.32 Å². The van der Waals surface area contributed by atoms with Crippen molar-refractivity contribution in [1.82, 2.24) is 15.2 Å². The van der Waals surface area contributed by atoms with Gasteiger partial charge in [-0.15, -0.1) is 16.4 Å². The van der Waals surface area contributed by atoms with Gasteiger partial charge in [0.05, 0.1) is 11.2 Å². The van der Waals surface area contributed by atoms with Gasteiger partial charge in [-0.1, -0.05) is 13.8 Å². The van der Waals surface area contributed by atoms with Gasteiger partial charge in [0.15, 0.2) is 5.82 Å². The minimum atomic E-state index is -0.396. The molecule has 0 saturated heterocycles. The van der Waals surface area contributed by atoms with Crippen LogP contribution >= 0.6 is 11.3 Å². The Morgan fingerprint density at radius 3 is 2.57 bits per heavy atom. The molecule has 0 aliphatic rings. The number of aromatic nitrogens is 3. The van der Waals surface area contributed by atoms with Gasteiger partial charge in [-0.3, -0.25) is 0 Å². The molecule has 0 fully saturated rings. The van der Waals surface area contributed by atoms with Crippen LogP contribution in [0, 0.1) is 11.3 Å². The third-order valence-electron chi connectivity index (χ3n) is 3.36. The van der Waals surface area contributed by atoms with Crippen LogP contribution in [-0.4, -0.2) is 15.2 Å². The van der Waals surface area contributed by atoms with E-state index in [0.29, 0.717) is 11.4 Å². The molecule has 0 amide bonds. The molecule has 0 saturated carbocycles. The summed E-state index contributed by atoms with van der Waals surface area (Å²) in [5.74, 6) is 0.534. The molecule has 1 N–H and O–H groups in total. The number of hydrogen-bond donors (Lipinski definition) is 1. The van der Waals surface area contributed by atoms with E-state index in [4.69, 9.17) is 0 Å². The summed E-state index contributed by atoms with van der Waals surface area (Å²) in [7, 11) is 0. The normalized spacial score (nSPS) is 11.2. The average Bonchev–Trinajstić information content (AvgIpc) is 3.01. The molecule has 0 spiro atoms. The number of rotatable bonds is 5. The monoisotopic (exact) mass is 301 g/mol. The average molecular weight is 301 g/mol. The lowest BCUT2D eigenvalue weighted by molar-refractivity contribution is 0.597. The Labute approximate surface area is 129 Å². The number of hydrogen-bond acceptors (Lipinski definition) is 6. The maximum absolute atomic E-state index is 9.51. The van der Waals surface area contributed by atoms with E-state index in [2.05, 4.69) is 26.6 Å². The summed E-state index contributed by atoms with van der Waals surface area (Å²) < 4.78 is 0. The van der Waals surface area contributed by atoms with Crippen molar-refractivity contribution in [1.29, 1.82) is 5.26 Å². The molecule has 110 valence electrons. The molecule has 6 heteroatoms. The third-order valence-corrected chi connectivity index (χ3v) is 4.45. The number of anilines is 1. The first-order valence-corrected chi connectivity index (χ1v) is 7.88. The Kier molecular flexibility index (Phi) is 4.53. The largest absolute Gasteiger partial charge is 0.356 e. The van der Waals surface area contributed by atoms with Crippen LogP contribution in [0.15, 0.2) is 11.6 Å². The lowest BCUT2D eigenvalue weighted by atomic mass is 10.0. The smallest absolute Gasteiger partial charge is 0.167 e. The van der Waals surface area contributed by atoms with E-state index < -0.39 is 5.54 Å². The standard InChI is InChI=1S/C15H19N5S/c1-5-10-11(9-16)13(20-19-12(10)6-2)18-15(3,4)14-17-7-8-21-14/h7-8H,5-6H2,1-4H3,(H,18,20). The van der Waals surface area contributed by atoms with Gasteiger partial charge in [-0.05, 0) is 32.3 Å². The second-order valence-corrected chi connectivity index (χ2v) is 6.15. The van der Waals surface area contributed by atoms with Crippen LogP contribution in [0.5, 0.6) is 0 Å². The van der Waals surface area contributed by atoms with Crippen molar-refractivity contribution in [3.63, 3.8) is 0 Å². The minimum Gasteiger partial charge on any atom is -0.356 e. The second-order valence-electron chi connectivity index (χ2n) is 5.26. The molecule has 2 rings (SSSR count). The van der Waals surface area contributed by atoms with Crippen LogP contribution in [0.1, 0.15) is 49.5 Å². The molecule has 0 aliphatic carbocycles. The van der Waals surface area contributed by atoms with E-state index in [1.54, 1.807) is 17.5 Å². The second kappa shape index (κ2) is 6.19. The lowest BCUT2D eigenvalue weighted by Crippen LogP contribution is -2.29. The van der Waals surface area contributed by atoms with Crippen LogP contribution in [0.3, 0.4) is 0 Å². The third kappa shape index (κ3) is 3.03. The van der Waals surface area contributed by atoms with Crippen LogP contribution in [0.4, 0.5) is 5.82 Å². The Morgan fingerprint density at radius 2 is 2.05 bits per heavy atom. The predicted molar refractivity (Wildman–Crippen MR) is 84.3 cm³/mol. The predicted octanol–water partition coefficient (Wildman–Crippen LogP) is 3.28. The number of nitrogens with zero attached hydrogens (tertiary/aromatic N) is 4. The van der Waals surface area contributed by atoms with Gasteiger partial charge >= 0.3 is 0 Å². The van der Waals surface area contributed by atoms with Gasteiger partial charge in [-0.25, -0.2) is 4.98 Å². The van der Waals surface area contributed by atoms with Gasteiger partial charge in [0.1, 0.15) is 16.6 Å². The van der Waals surface area contributed by atoms with Crippen molar-refractivity contribution in [2.45, 2.75) is 46.1 Å². The Hall–Kier alpha value is -2.00. The van der Waals surface area contributed by atoms with E-state index in [9.17, 15) is 5.26 Å².